The highest BCUT2D eigenvalue weighted by Crippen LogP contribution is 2.40. The first kappa shape index (κ1) is 16.0. The molecule has 106 valence electrons. The van der Waals surface area contributed by atoms with Gasteiger partial charge in [-0.15, -0.1) is 0 Å². The lowest BCUT2D eigenvalue weighted by Gasteiger charge is -2.25. The zero-order chi connectivity index (χ0) is 14.7. The van der Waals surface area contributed by atoms with Crippen molar-refractivity contribution in [3.8, 4) is 5.75 Å². The van der Waals surface area contributed by atoms with Crippen LogP contribution in [0.2, 0.25) is 5.02 Å². The van der Waals surface area contributed by atoms with E-state index in [4.69, 9.17) is 16.3 Å². The van der Waals surface area contributed by atoms with E-state index in [0.717, 1.165) is 22.4 Å². The second-order valence-corrected chi connectivity index (χ2v) is 5.70. The van der Waals surface area contributed by atoms with Gasteiger partial charge in [-0.25, -0.2) is 0 Å². The molecule has 0 N–H and O–H groups in total. The predicted molar refractivity (Wildman–Crippen MR) is 80.4 cm³/mol. The lowest BCUT2D eigenvalue weighted by molar-refractivity contribution is -0.121. The normalized spacial score (nSPS) is 12.6. The smallest absolute Gasteiger partial charge is 0.140 e. The van der Waals surface area contributed by atoms with E-state index in [-0.39, 0.29) is 17.6 Å². The van der Waals surface area contributed by atoms with Crippen molar-refractivity contribution in [1.29, 1.82) is 0 Å². The molecule has 0 saturated heterocycles. The Labute approximate surface area is 121 Å². The number of hydrogen-bond acceptors (Lipinski definition) is 2. The molecule has 0 radical (unpaired) electrons. The second-order valence-electron chi connectivity index (χ2n) is 5.29. The van der Waals surface area contributed by atoms with Crippen LogP contribution in [-0.2, 0) is 4.79 Å². The van der Waals surface area contributed by atoms with Crippen molar-refractivity contribution in [2.24, 2.45) is 5.92 Å². The van der Waals surface area contributed by atoms with Crippen molar-refractivity contribution >= 4 is 17.4 Å². The summed E-state index contributed by atoms with van der Waals surface area (Å²) in [6.07, 6.45) is 0.525. The summed E-state index contributed by atoms with van der Waals surface area (Å²) in [5.41, 5.74) is 2.88. The summed E-state index contributed by atoms with van der Waals surface area (Å²) in [5.74, 6) is 1.09. The van der Waals surface area contributed by atoms with Crippen LogP contribution in [0.5, 0.6) is 5.75 Å². The minimum absolute atomic E-state index is 0.155. The van der Waals surface area contributed by atoms with Gasteiger partial charge in [-0.05, 0) is 37.0 Å². The maximum atomic E-state index is 12.3. The van der Waals surface area contributed by atoms with Crippen molar-refractivity contribution < 1.29 is 9.53 Å². The molecule has 1 aromatic carbocycles. The highest BCUT2D eigenvalue weighted by atomic mass is 35.5. The van der Waals surface area contributed by atoms with Gasteiger partial charge in [-0.2, -0.15) is 0 Å². The van der Waals surface area contributed by atoms with Crippen LogP contribution in [0.3, 0.4) is 0 Å². The largest absolute Gasteiger partial charge is 0.496 e. The average molecular weight is 283 g/mol. The zero-order valence-corrected chi connectivity index (χ0v) is 13.4. The summed E-state index contributed by atoms with van der Waals surface area (Å²) < 4.78 is 5.53. The fourth-order valence-electron chi connectivity index (χ4n) is 2.61. The van der Waals surface area contributed by atoms with Crippen LogP contribution < -0.4 is 4.74 Å². The summed E-state index contributed by atoms with van der Waals surface area (Å²) in [7, 11) is 1.65. The minimum atomic E-state index is -0.155. The Morgan fingerprint density at radius 3 is 2.37 bits per heavy atom. The molecule has 1 aromatic rings. The fraction of sp³-hybridized carbons (Fsp3) is 0.562. The predicted octanol–water partition coefficient (Wildman–Crippen LogP) is 4.68. The minimum Gasteiger partial charge on any atom is -0.496 e. The number of halogens is 1. The molecule has 0 fully saturated rings. The Kier molecular flexibility index (Phi) is 5.42. The number of carbonyl (C=O) groups is 1. The molecule has 0 heterocycles. The van der Waals surface area contributed by atoms with E-state index >= 15 is 0 Å². The number of carbonyl (C=O) groups excluding carboxylic acids is 1. The Bertz CT molecular complexity index is 478. The first-order valence-corrected chi connectivity index (χ1v) is 7.09. The summed E-state index contributed by atoms with van der Waals surface area (Å²) in [6.45, 7) is 9.94. The van der Waals surface area contributed by atoms with Crippen molar-refractivity contribution in [3.63, 3.8) is 0 Å². The van der Waals surface area contributed by atoms with Crippen LogP contribution in [0.4, 0.5) is 0 Å². The van der Waals surface area contributed by atoms with Crippen LogP contribution in [0, 0.1) is 19.8 Å². The quantitative estimate of drug-likeness (QED) is 0.783. The number of Topliss-reactive ketones (excluding diaryl/α,β-unsaturated/α-hetero) is 1. The van der Waals surface area contributed by atoms with Gasteiger partial charge in [0.15, 0.2) is 0 Å². The van der Waals surface area contributed by atoms with E-state index in [1.54, 1.807) is 7.11 Å². The molecule has 2 nitrogen and oxygen atoms in total. The van der Waals surface area contributed by atoms with Gasteiger partial charge in [0.05, 0.1) is 7.11 Å². The van der Waals surface area contributed by atoms with Crippen molar-refractivity contribution in [3.05, 3.63) is 27.8 Å². The lowest BCUT2D eigenvalue weighted by atomic mass is 9.80. The topological polar surface area (TPSA) is 26.3 Å². The van der Waals surface area contributed by atoms with Crippen molar-refractivity contribution in [1.82, 2.24) is 0 Å². The van der Waals surface area contributed by atoms with E-state index in [1.807, 2.05) is 26.8 Å². The van der Waals surface area contributed by atoms with Crippen LogP contribution in [-0.4, -0.2) is 12.9 Å². The summed E-state index contributed by atoms with van der Waals surface area (Å²) in [4.78, 5) is 12.3. The van der Waals surface area contributed by atoms with E-state index in [0.29, 0.717) is 11.4 Å². The Balaban J connectivity index is 3.57. The van der Waals surface area contributed by atoms with E-state index in [9.17, 15) is 4.79 Å². The lowest BCUT2D eigenvalue weighted by Crippen LogP contribution is -2.20. The molecule has 0 amide bonds. The van der Waals surface area contributed by atoms with Gasteiger partial charge in [0.2, 0.25) is 0 Å². The Hall–Kier alpha value is -1.02. The molecule has 19 heavy (non-hydrogen) atoms. The number of hydrogen-bond donors (Lipinski definition) is 0. The molecule has 0 spiro atoms. The van der Waals surface area contributed by atoms with Gasteiger partial charge in [0, 0.05) is 22.9 Å². The molecule has 0 saturated carbocycles. The van der Waals surface area contributed by atoms with Crippen molar-refractivity contribution in [2.75, 3.05) is 7.11 Å². The standard InChI is InChI=1S/C16H23ClO2/c1-7-13(18)14(9(2)3)15-11(5)12(17)8-10(4)16(15)19-6/h8-9,14H,7H2,1-6H3. The van der Waals surface area contributed by atoms with Crippen LogP contribution in [0.25, 0.3) is 0 Å². The number of rotatable bonds is 5. The summed E-state index contributed by atoms with van der Waals surface area (Å²) in [5, 5.41) is 0.697. The number of benzene rings is 1. The monoisotopic (exact) mass is 282 g/mol. The average Bonchev–Trinajstić information content (AvgIpc) is 2.35. The van der Waals surface area contributed by atoms with E-state index in [2.05, 4.69) is 13.8 Å². The van der Waals surface area contributed by atoms with Gasteiger partial charge in [-0.1, -0.05) is 32.4 Å². The van der Waals surface area contributed by atoms with Gasteiger partial charge in [-0.3, -0.25) is 4.79 Å². The summed E-state index contributed by atoms with van der Waals surface area (Å²) in [6, 6.07) is 1.90. The maximum absolute atomic E-state index is 12.3. The molecular formula is C16H23ClO2. The van der Waals surface area contributed by atoms with Gasteiger partial charge < -0.3 is 4.74 Å². The number of methoxy groups -OCH3 is 1. The fourth-order valence-corrected chi connectivity index (χ4v) is 2.87. The first-order chi connectivity index (χ1) is 8.84. The number of ketones is 1. The molecule has 1 unspecified atom stereocenters. The Morgan fingerprint density at radius 1 is 1.37 bits per heavy atom. The van der Waals surface area contributed by atoms with Crippen molar-refractivity contribution in [2.45, 2.75) is 47.0 Å². The van der Waals surface area contributed by atoms with Gasteiger partial charge >= 0.3 is 0 Å². The molecule has 3 heteroatoms. The molecule has 0 aliphatic heterocycles. The number of ether oxygens (including phenoxy) is 1. The second kappa shape index (κ2) is 6.42. The van der Waals surface area contributed by atoms with Gasteiger partial charge in [0.25, 0.3) is 0 Å². The highest BCUT2D eigenvalue weighted by Gasteiger charge is 2.29. The first-order valence-electron chi connectivity index (χ1n) is 6.71. The van der Waals surface area contributed by atoms with Crippen LogP contribution in [0.15, 0.2) is 6.07 Å². The SMILES string of the molecule is CCC(=O)C(c1c(C)c(Cl)cc(C)c1OC)C(C)C. The van der Waals surface area contributed by atoms with Crippen LogP contribution in [0.1, 0.15) is 49.8 Å². The third kappa shape index (κ3) is 3.11. The molecule has 0 aliphatic carbocycles. The molecular weight excluding hydrogens is 260 g/mol. The zero-order valence-electron chi connectivity index (χ0n) is 12.6. The molecule has 0 bridgehead atoms. The third-order valence-corrected chi connectivity index (χ3v) is 3.98. The highest BCUT2D eigenvalue weighted by molar-refractivity contribution is 6.31. The Morgan fingerprint density at radius 2 is 1.95 bits per heavy atom. The molecule has 0 aromatic heterocycles. The van der Waals surface area contributed by atoms with Crippen LogP contribution >= 0.6 is 11.6 Å². The summed E-state index contributed by atoms with van der Waals surface area (Å²) >= 11 is 6.28. The number of aryl methyl sites for hydroxylation is 1. The third-order valence-electron chi connectivity index (χ3n) is 3.59. The molecule has 1 atom stereocenters. The maximum Gasteiger partial charge on any atom is 0.140 e. The van der Waals surface area contributed by atoms with Gasteiger partial charge in [0.1, 0.15) is 11.5 Å². The molecule has 1 rings (SSSR count). The van der Waals surface area contributed by atoms with E-state index in [1.165, 1.54) is 0 Å². The van der Waals surface area contributed by atoms with E-state index < -0.39 is 0 Å². The molecule has 0 aliphatic rings.